The summed E-state index contributed by atoms with van der Waals surface area (Å²) in [7, 11) is 0. The van der Waals surface area contributed by atoms with E-state index >= 15 is 0 Å². The number of allylic oxidation sites excluding steroid dienone is 4. The fraction of sp³-hybridized carbons (Fsp3) is 0.273. The Hall–Kier alpha value is -0.950. The Bertz CT molecular complexity index is 245. The van der Waals surface area contributed by atoms with E-state index in [4.69, 9.17) is 16.3 Å². The third kappa shape index (κ3) is 7.41. The summed E-state index contributed by atoms with van der Waals surface area (Å²) in [6.45, 7) is 11.5. The van der Waals surface area contributed by atoms with E-state index in [9.17, 15) is 0 Å². The first-order chi connectivity index (χ1) is 6.06. The number of hydrogen-bond acceptors (Lipinski definition) is 1. The fourth-order valence-corrected chi connectivity index (χ4v) is 0.841. The molecule has 0 aliphatic carbocycles. The lowest BCUT2D eigenvalue weighted by Crippen LogP contribution is -1.93. The zero-order chi connectivity index (χ0) is 10.3. The molecule has 0 N–H and O–H groups in total. The van der Waals surface area contributed by atoms with E-state index in [1.165, 1.54) is 0 Å². The molecule has 0 saturated heterocycles. The van der Waals surface area contributed by atoms with Gasteiger partial charge in [0.1, 0.15) is 12.4 Å². The van der Waals surface area contributed by atoms with Crippen LogP contribution < -0.4 is 0 Å². The summed E-state index contributed by atoms with van der Waals surface area (Å²) in [4.78, 5) is 0. The molecule has 0 fully saturated rings. The molecule has 2 heteroatoms. The number of halogens is 1. The largest absolute Gasteiger partial charge is 0.490 e. The molecule has 72 valence electrons. The molecule has 0 atom stereocenters. The minimum absolute atomic E-state index is 0.519. The van der Waals surface area contributed by atoms with Gasteiger partial charge < -0.3 is 4.74 Å². The van der Waals surface area contributed by atoms with Crippen LogP contribution in [0, 0.1) is 0 Å². The van der Waals surface area contributed by atoms with E-state index in [1.54, 1.807) is 19.1 Å². The van der Waals surface area contributed by atoms with Gasteiger partial charge in [0.05, 0.1) is 0 Å². The molecule has 0 spiro atoms. The Labute approximate surface area is 85.0 Å². The summed E-state index contributed by atoms with van der Waals surface area (Å²) in [5.74, 6) is 0.573. The van der Waals surface area contributed by atoms with E-state index in [-0.39, 0.29) is 0 Å². The maximum Gasteiger partial charge on any atom is 0.113 e. The lowest BCUT2D eigenvalue weighted by atomic mass is 10.3. The highest BCUT2D eigenvalue weighted by molar-refractivity contribution is 6.29. The second-order valence-corrected chi connectivity index (χ2v) is 3.33. The van der Waals surface area contributed by atoms with Crippen molar-refractivity contribution < 1.29 is 4.74 Å². The normalized spacial score (nSPS) is 12.5. The Kier molecular flexibility index (Phi) is 6.07. The maximum absolute atomic E-state index is 5.64. The van der Waals surface area contributed by atoms with Crippen molar-refractivity contribution in [1.29, 1.82) is 0 Å². The van der Waals surface area contributed by atoms with Gasteiger partial charge in [-0.05, 0) is 25.5 Å². The maximum atomic E-state index is 5.64. The fourth-order valence-electron chi connectivity index (χ4n) is 0.719. The van der Waals surface area contributed by atoms with Gasteiger partial charge >= 0.3 is 0 Å². The molecule has 0 bridgehead atoms. The molecular weight excluding hydrogens is 184 g/mol. The highest BCUT2D eigenvalue weighted by atomic mass is 35.5. The van der Waals surface area contributed by atoms with Crippen LogP contribution in [0.25, 0.3) is 0 Å². The van der Waals surface area contributed by atoms with Gasteiger partial charge in [-0.3, -0.25) is 0 Å². The smallest absolute Gasteiger partial charge is 0.113 e. The van der Waals surface area contributed by atoms with Crippen LogP contribution in [0.2, 0.25) is 0 Å². The molecule has 0 aliphatic rings. The molecule has 13 heavy (non-hydrogen) atoms. The molecule has 0 rings (SSSR count). The molecule has 0 aliphatic heterocycles. The Morgan fingerprint density at radius 3 is 2.54 bits per heavy atom. The van der Waals surface area contributed by atoms with Gasteiger partial charge in [-0.1, -0.05) is 36.9 Å². The van der Waals surface area contributed by atoms with Crippen molar-refractivity contribution in [3.05, 3.63) is 47.8 Å². The molecule has 0 aromatic heterocycles. The standard InChI is InChI=1S/C11H15ClO/c1-5-6-9(2)8-13-11(4)7-10(3)12/h5-7H,1,4,8H2,2-3H3/b9-6+,10-7+. The van der Waals surface area contributed by atoms with Gasteiger partial charge in [-0.2, -0.15) is 0 Å². The van der Waals surface area contributed by atoms with Crippen molar-refractivity contribution >= 4 is 11.6 Å². The van der Waals surface area contributed by atoms with Crippen molar-refractivity contribution in [2.24, 2.45) is 0 Å². The number of ether oxygens (including phenoxy) is 1. The average Bonchev–Trinajstić information content (AvgIpc) is 2.00. The van der Waals surface area contributed by atoms with Crippen molar-refractivity contribution in [2.45, 2.75) is 13.8 Å². The van der Waals surface area contributed by atoms with Gasteiger partial charge in [-0.25, -0.2) is 0 Å². The molecule has 0 aromatic rings. The first-order valence-electron chi connectivity index (χ1n) is 4.00. The second kappa shape index (κ2) is 6.55. The molecule has 0 amide bonds. The molecule has 0 unspecified atom stereocenters. The monoisotopic (exact) mass is 198 g/mol. The molecule has 1 nitrogen and oxygen atoms in total. The lowest BCUT2D eigenvalue weighted by molar-refractivity contribution is 0.254. The van der Waals surface area contributed by atoms with Crippen LogP contribution >= 0.6 is 11.6 Å². The third-order valence-corrected chi connectivity index (χ3v) is 1.36. The summed E-state index contributed by atoms with van der Waals surface area (Å²) >= 11 is 5.64. The summed E-state index contributed by atoms with van der Waals surface area (Å²) in [6, 6.07) is 0. The average molecular weight is 199 g/mol. The van der Waals surface area contributed by atoms with Crippen LogP contribution in [0.15, 0.2) is 47.8 Å². The topological polar surface area (TPSA) is 9.23 Å². The quantitative estimate of drug-likeness (QED) is 0.483. The number of rotatable bonds is 5. The highest BCUT2D eigenvalue weighted by Gasteiger charge is 1.92. The molecular formula is C11H15ClO. The minimum Gasteiger partial charge on any atom is -0.490 e. The van der Waals surface area contributed by atoms with Crippen LogP contribution in [-0.2, 0) is 4.74 Å². The zero-order valence-electron chi connectivity index (χ0n) is 8.14. The Morgan fingerprint density at radius 1 is 1.46 bits per heavy atom. The van der Waals surface area contributed by atoms with Gasteiger partial charge in [0.2, 0.25) is 0 Å². The van der Waals surface area contributed by atoms with Gasteiger partial charge in [-0.15, -0.1) is 0 Å². The SMILES string of the molecule is C=C/C=C(\C)COC(=C)/C=C(\C)Cl. The zero-order valence-corrected chi connectivity index (χ0v) is 8.90. The first kappa shape index (κ1) is 12.0. The van der Waals surface area contributed by atoms with E-state index in [1.807, 2.05) is 13.0 Å². The van der Waals surface area contributed by atoms with Crippen LogP contribution in [-0.4, -0.2) is 6.61 Å². The summed E-state index contributed by atoms with van der Waals surface area (Å²) in [6.07, 6.45) is 5.30. The van der Waals surface area contributed by atoms with E-state index in [0.717, 1.165) is 5.57 Å². The van der Waals surface area contributed by atoms with Crippen LogP contribution in [0.4, 0.5) is 0 Å². The van der Waals surface area contributed by atoms with Crippen LogP contribution in [0.5, 0.6) is 0 Å². The summed E-state index contributed by atoms with van der Waals surface area (Å²) in [5, 5.41) is 0.662. The van der Waals surface area contributed by atoms with Gasteiger partial charge in [0.15, 0.2) is 0 Å². The Balaban J connectivity index is 3.90. The third-order valence-electron chi connectivity index (χ3n) is 1.25. The highest BCUT2D eigenvalue weighted by Crippen LogP contribution is 2.06. The van der Waals surface area contributed by atoms with Crippen molar-refractivity contribution in [3.8, 4) is 0 Å². The van der Waals surface area contributed by atoms with Crippen LogP contribution in [0.1, 0.15) is 13.8 Å². The van der Waals surface area contributed by atoms with Crippen LogP contribution in [0.3, 0.4) is 0 Å². The lowest BCUT2D eigenvalue weighted by Gasteiger charge is -2.05. The molecule has 0 aromatic carbocycles. The van der Waals surface area contributed by atoms with Crippen molar-refractivity contribution in [3.63, 3.8) is 0 Å². The van der Waals surface area contributed by atoms with Crippen molar-refractivity contribution in [2.75, 3.05) is 6.61 Å². The predicted molar refractivity (Wildman–Crippen MR) is 58.7 cm³/mol. The first-order valence-corrected chi connectivity index (χ1v) is 4.37. The minimum atomic E-state index is 0.519. The Morgan fingerprint density at radius 2 is 2.08 bits per heavy atom. The van der Waals surface area contributed by atoms with Gasteiger partial charge in [0, 0.05) is 5.03 Å². The van der Waals surface area contributed by atoms with E-state index < -0.39 is 0 Å². The summed E-state index contributed by atoms with van der Waals surface area (Å²) < 4.78 is 5.30. The summed E-state index contributed by atoms with van der Waals surface area (Å²) in [5.41, 5.74) is 1.09. The van der Waals surface area contributed by atoms with E-state index in [0.29, 0.717) is 17.4 Å². The van der Waals surface area contributed by atoms with Gasteiger partial charge in [0.25, 0.3) is 0 Å². The molecule has 0 saturated carbocycles. The molecule has 0 radical (unpaired) electrons. The van der Waals surface area contributed by atoms with E-state index in [2.05, 4.69) is 13.2 Å². The predicted octanol–water partition coefficient (Wildman–Crippen LogP) is 3.79. The number of hydrogen-bond donors (Lipinski definition) is 0. The van der Waals surface area contributed by atoms with Crippen molar-refractivity contribution in [1.82, 2.24) is 0 Å². The molecule has 0 heterocycles. The second-order valence-electron chi connectivity index (χ2n) is 2.73.